The van der Waals surface area contributed by atoms with E-state index in [2.05, 4.69) is 0 Å². The smallest absolute Gasteiger partial charge is 0.126 e. The summed E-state index contributed by atoms with van der Waals surface area (Å²) in [6.07, 6.45) is 0.931. The van der Waals surface area contributed by atoms with E-state index in [4.69, 9.17) is 5.73 Å². The average Bonchev–Trinajstić information content (AvgIpc) is 2.73. The zero-order valence-electron chi connectivity index (χ0n) is 7.05. The summed E-state index contributed by atoms with van der Waals surface area (Å²) in [5, 5.41) is 0. The summed E-state index contributed by atoms with van der Waals surface area (Å²) in [6, 6.07) is 5.39. The second kappa shape index (κ2) is 2.56. The molecule has 2 N–H and O–H groups in total. The van der Waals surface area contributed by atoms with Gasteiger partial charge in [-0.25, -0.2) is 4.39 Å². The van der Waals surface area contributed by atoms with Gasteiger partial charge in [0.15, 0.2) is 0 Å². The van der Waals surface area contributed by atoms with Crippen LogP contribution in [0.25, 0.3) is 0 Å². The van der Waals surface area contributed by atoms with Crippen LogP contribution < -0.4 is 5.73 Å². The summed E-state index contributed by atoms with van der Waals surface area (Å²) in [4.78, 5) is 0. The summed E-state index contributed by atoms with van der Waals surface area (Å²) >= 11 is 0. The molecule has 2 atom stereocenters. The number of aryl methyl sites for hydroxylation is 1. The molecule has 0 radical (unpaired) electrons. The molecule has 0 amide bonds. The molecule has 2 heteroatoms. The van der Waals surface area contributed by atoms with Gasteiger partial charge in [-0.2, -0.15) is 0 Å². The lowest BCUT2D eigenvalue weighted by Gasteiger charge is -2.01. The van der Waals surface area contributed by atoms with Gasteiger partial charge in [-0.15, -0.1) is 0 Å². The van der Waals surface area contributed by atoms with E-state index >= 15 is 0 Å². The van der Waals surface area contributed by atoms with Crippen LogP contribution in [0.5, 0.6) is 0 Å². The zero-order valence-corrected chi connectivity index (χ0v) is 7.05. The Balaban J connectivity index is 2.36. The first kappa shape index (κ1) is 7.74. The van der Waals surface area contributed by atoms with Crippen LogP contribution in [-0.4, -0.2) is 6.04 Å². The van der Waals surface area contributed by atoms with E-state index in [1.54, 1.807) is 6.07 Å². The fourth-order valence-electron chi connectivity index (χ4n) is 1.52. The standard InChI is InChI=1S/C10H12FN/c1-6-2-3-9(11)7(4-6)8-5-10(8)12/h2-4,8,10H,5,12H2,1H3. The third-order valence-electron chi connectivity index (χ3n) is 2.39. The van der Waals surface area contributed by atoms with Gasteiger partial charge in [-0.3, -0.25) is 0 Å². The minimum Gasteiger partial charge on any atom is -0.327 e. The molecule has 1 aliphatic rings. The van der Waals surface area contributed by atoms with E-state index in [1.165, 1.54) is 6.07 Å². The third kappa shape index (κ3) is 1.23. The predicted octanol–water partition coefficient (Wildman–Crippen LogP) is 1.95. The SMILES string of the molecule is Cc1ccc(F)c(C2CC2N)c1. The first-order valence-corrected chi connectivity index (χ1v) is 4.20. The van der Waals surface area contributed by atoms with Gasteiger partial charge in [-0.1, -0.05) is 17.7 Å². The van der Waals surface area contributed by atoms with E-state index in [0.717, 1.165) is 17.5 Å². The largest absolute Gasteiger partial charge is 0.327 e. The molecule has 1 fully saturated rings. The maximum absolute atomic E-state index is 13.2. The number of hydrogen-bond acceptors (Lipinski definition) is 1. The highest BCUT2D eigenvalue weighted by Crippen LogP contribution is 2.40. The molecule has 1 nitrogen and oxygen atoms in total. The maximum atomic E-state index is 13.2. The van der Waals surface area contributed by atoms with E-state index in [1.807, 2.05) is 13.0 Å². The van der Waals surface area contributed by atoms with E-state index in [-0.39, 0.29) is 17.8 Å². The van der Waals surface area contributed by atoms with Gasteiger partial charge >= 0.3 is 0 Å². The van der Waals surface area contributed by atoms with Gasteiger partial charge in [0, 0.05) is 12.0 Å². The van der Waals surface area contributed by atoms with Crippen molar-refractivity contribution in [2.45, 2.75) is 25.3 Å². The van der Waals surface area contributed by atoms with Crippen LogP contribution in [0.3, 0.4) is 0 Å². The molecule has 0 aliphatic heterocycles. The Kier molecular flexibility index (Phi) is 1.65. The van der Waals surface area contributed by atoms with Gasteiger partial charge in [0.05, 0.1) is 0 Å². The lowest BCUT2D eigenvalue weighted by atomic mass is 10.1. The number of nitrogens with two attached hydrogens (primary N) is 1. The van der Waals surface area contributed by atoms with Crippen LogP contribution in [0.4, 0.5) is 4.39 Å². The molecule has 0 saturated heterocycles. The van der Waals surface area contributed by atoms with Crippen molar-refractivity contribution in [2.24, 2.45) is 5.73 Å². The molecule has 0 spiro atoms. The molecule has 1 saturated carbocycles. The highest BCUT2D eigenvalue weighted by molar-refractivity contribution is 5.32. The molecule has 0 heterocycles. The van der Waals surface area contributed by atoms with Crippen LogP contribution in [0.2, 0.25) is 0 Å². The fourth-order valence-corrected chi connectivity index (χ4v) is 1.52. The van der Waals surface area contributed by atoms with Crippen molar-refractivity contribution in [3.8, 4) is 0 Å². The Morgan fingerprint density at radius 1 is 1.50 bits per heavy atom. The highest BCUT2D eigenvalue weighted by atomic mass is 19.1. The van der Waals surface area contributed by atoms with Gasteiger partial charge < -0.3 is 5.73 Å². The predicted molar refractivity (Wildman–Crippen MR) is 46.5 cm³/mol. The zero-order chi connectivity index (χ0) is 8.72. The van der Waals surface area contributed by atoms with Crippen molar-refractivity contribution >= 4 is 0 Å². The quantitative estimate of drug-likeness (QED) is 0.676. The summed E-state index contributed by atoms with van der Waals surface area (Å²) in [7, 11) is 0. The van der Waals surface area contributed by atoms with E-state index in [0.29, 0.717) is 0 Å². The summed E-state index contributed by atoms with van der Waals surface area (Å²) < 4.78 is 13.2. The molecule has 64 valence electrons. The van der Waals surface area contributed by atoms with E-state index in [9.17, 15) is 4.39 Å². The molecule has 0 bridgehead atoms. The van der Waals surface area contributed by atoms with Crippen molar-refractivity contribution in [1.29, 1.82) is 0 Å². The van der Waals surface area contributed by atoms with Crippen LogP contribution in [0.1, 0.15) is 23.5 Å². The van der Waals surface area contributed by atoms with Gasteiger partial charge in [0.1, 0.15) is 5.82 Å². The third-order valence-corrected chi connectivity index (χ3v) is 2.39. The van der Waals surface area contributed by atoms with Crippen molar-refractivity contribution in [2.75, 3.05) is 0 Å². The van der Waals surface area contributed by atoms with Crippen molar-refractivity contribution in [3.05, 3.63) is 35.1 Å². The molecule has 1 aliphatic carbocycles. The van der Waals surface area contributed by atoms with Crippen LogP contribution in [-0.2, 0) is 0 Å². The molecule has 2 unspecified atom stereocenters. The minimum absolute atomic E-state index is 0.112. The van der Waals surface area contributed by atoms with Gasteiger partial charge in [-0.05, 0) is 25.0 Å². The Labute approximate surface area is 71.4 Å². The van der Waals surface area contributed by atoms with Crippen LogP contribution >= 0.6 is 0 Å². The molecular formula is C10H12FN. The topological polar surface area (TPSA) is 26.0 Å². The van der Waals surface area contributed by atoms with E-state index < -0.39 is 0 Å². The Hall–Kier alpha value is -0.890. The van der Waals surface area contributed by atoms with Crippen LogP contribution in [0, 0.1) is 12.7 Å². The first-order chi connectivity index (χ1) is 5.68. The summed E-state index contributed by atoms with van der Waals surface area (Å²) in [5.74, 6) is 0.156. The second-order valence-corrected chi connectivity index (χ2v) is 3.53. The van der Waals surface area contributed by atoms with Crippen molar-refractivity contribution < 1.29 is 4.39 Å². The molecule has 12 heavy (non-hydrogen) atoms. The highest BCUT2D eigenvalue weighted by Gasteiger charge is 2.36. The Morgan fingerprint density at radius 3 is 2.75 bits per heavy atom. The normalized spacial score (nSPS) is 27.2. The molecule has 0 aromatic heterocycles. The summed E-state index contributed by atoms with van der Waals surface area (Å²) in [5.41, 5.74) is 7.55. The number of rotatable bonds is 1. The minimum atomic E-state index is -0.112. The molecule has 1 aromatic rings. The van der Waals surface area contributed by atoms with Gasteiger partial charge in [0.2, 0.25) is 0 Å². The fraction of sp³-hybridized carbons (Fsp3) is 0.400. The maximum Gasteiger partial charge on any atom is 0.126 e. The number of benzene rings is 1. The van der Waals surface area contributed by atoms with Crippen molar-refractivity contribution in [3.63, 3.8) is 0 Å². The summed E-state index contributed by atoms with van der Waals surface area (Å²) in [6.45, 7) is 1.97. The van der Waals surface area contributed by atoms with Crippen LogP contribution in [0.15, 0.2) is 18.2 Å². The lowest BCUT2D eigenvalue weighted by Crippen LogP contribution is -2.02. The molecular weight excluding hydrogens is 153 g/mol. The average molecular weight is 165 g/mol. The number of hydrogen-bond donors (Lipinski definition) is 1. The van der Waals surface area contributed by atoms with Gasteiger partial charge in [0.25, 0.3) is 0 Å². The Morgan fingerprint density at radius 2 is 2.17 bits per heavy atom. The second-order valence-electron chi connectivity index (χ2n) is 3.53. The van der Waals surface area contributed by atoms with Crippen molar-refractivity contribution in [1.82, 2.24) is 0 Å². The number of halogens is 1. The molecule has 2 rings (SSSR count). The Bertz CT molecular complexity index is 309. The monoisotopic (exact) mass is 165 g/mol. The first-order valence-electron chi connectivity index (χ1n) is 4.20. The lowest BCUT2D eigenvalue weighted by molar-refractivity contribution is 0.609. The molecule has 1 aromatic carbocycles.